The van der Waals surface area contributed by atoms with Gasteiger partial charge in [0.15, 0.2) is 5.16 Å². The molecule has 112 valence electrons. The third-order valence-corrected chi connectivity index (χ3v) is 4.48. The number of hydrazine groups is 1. The summed E-state index contributed by atoms with van der Waals surface area (Å²) in [5, 5.41) is 4.27. The lowest BCUT2D eigenvalue weighted by Crippen LogP contribution is -2.26. The molecule has 0 unspecified atom stereocenters. The molecule has 0 radical (unpaired) electrons. The van der Waals surface area contributed by atoms with Crippen LogP contribution in [0.15, 0.2) is 11.2 Å². The molecule has 4 N–H and O–H groups in total. The number of nitrogens with one attached hydrogen (secondary N) is 2. The summed E-state index contributed by atoms with van der Waals surface area (Å²) in [6, 6.07) is 2.40. The first kappa shape index (κ1) is 15.4. The van der Waals surface area contributed by atoms with Gasteiger partial charge in [0, 0.05) is 12.1 Å². The summed E-state index contributed by atoms with van der Waals surface area (Å²) in [5.74, 6) is 7.90. The van der Waals surface area contributed by atoms with Gasteiger partial charge in [-0.15, -0.1) is 0 Å². The summed E-state index contributed by atoms with van der Waals surface area (Å²) >= 11 is 1.52. The maximum absolute atomic E-state index is 5.45. The standard InChI is InChI=1S/C14H25N5S/c1-3-4-10-5-7-11(8-6-10)16-12-9-13(19-15)18-14(17-12)20-2/h9-11H,3-8,15H2,1-2H3,(H2,16,17,18,19). The van der Waals surface area contributed by atoms with Crippen LogP contribution in [0.25, 0.3) is 0 Å². The van der Waals surface area contributed by atoms with E-state index in [-0.39, 0.29) is 0 Å². The number of nitrogens with two attached hydrogens (primary N) is 1. The largest absolute Gasteiger partial charge is 0.367 e. The Morgan fingerprint density at radius 2 is 1.95 bits per heavy atom. The molecule has 1 heterocycles. The quantitative estimate of drug-likeness (QED) is 0.324. The first-order valence-corrected chi connectivity index (χ1v) is 8.63. The predicted octanol–water partition coefficient (Wildman–Crippen LogP) is 3.25. The lowest BCUT2D eigenvalue weighted by atomic mass is 9.83. The molecule has 0 amide bonds. The van der Waals surface area contributed by atoms with E-state index in [0.717, 1.165) is 16.9 Å². The van der Waals surface area contributed by atoms with E-state index in [0.29, 0.717) is 11.9 Å². The molecule has 20 heavy (non-hydrogen) atoms. The van der Waals surface area contributed by atoms with E-state index in [9.17, 15) is 0 Å². The Labute approximate surface area is 125 Å². The molecule has 1 saturated carbocycles. The van der Waals surface area contributed by atoms with Gasteiger partial charge in [-0.25, -0.2) is 15.8 Å². The van der Waals surface area contributed by atoms with Gasteiger partial charge in [-0.2, -0.15) is 0 Å². The number of rotatable bonds is 6. The minimum Gasteiger partial charge on any atom is -0.367 e. The van der Waals surface area contributed by atoms with Crippen molar-refractivity contribution in [1.82, 2.24) is 9.97 Å². The van der Waals surface area contributed by atoms with Gasteiger partial charge in [0.25, 0.3) is 0 Å². The Kier molecular flexibility index (Phi) is 5.91. The second kappa shape index (κ2) is 7.69. The third-order valence-electron chi connectivity index (χ3n) is 3.93. The van der Waals surface area contributed by atoms with Crippen LogP contribution in [0.4, 0.5) is 11.6 Å². The minimum absolute atomic E-state index is 0.526. The van der Waals surface area contributed by atoms with Crippen molar-refractivity contribution in [2.24, 2.45) is 11.8 Å². The van der Waals surface area contributed by atoms with E-state index < -0.39 is 0 Å². The number of hydrogen-bond donors (Lipinski definition) is 3. The Balaban J connectivity index is 1.93. The molecule has 2 rings (SSSR count). The van der Waals surface area contributed by atoms with Crippen LogP contribution in [0.2, 0.25) is 0 Å². The number of anilines is 2. The van der Waals surface area contributed by atoms with E-state index in [4.69, 9.17) is 5.84 Å². The zero-order chi connectivity index (χ0) is 14.4. The number of aromatic nitrogens is 2. The summed E-state index contributed by atoms with van der Waals surface area (Å²) in [5.41, 5.74) is 2.60. The van der Waals surface area contributed by atoms with Gasteiger partial charge in [0.2, 0.25) is 0 Å². The highest BCUT2D eigenvalue weighted by Gasteiger charge is 2.20. The summed E-state index contributed by atoms with van der Waals surface area (Å²) in [6.07, 6.45) is 9.76. The molecule has 0 saturated heterocycles. The second-order valence-electron chi connectivity index (χ2n) is 5.42. The fourth-order valence-corrected chi connectivity index (χ4v) is 3.26. The highest BCUT2D eigenvalue weighted by atomic mass is 32.2. The molecule has 0 aromatic carbocycles. The van der Waals surface area contributed by atoms with Crippen LogP contribution in [0.1, 0.15) is 45.4 Å². The summed E-state index contributed by atoms with van der Waals surface area (Å²) in [7, 11) is 0. The average Bonchev–Trinajstić information content (AvgIpc) is 2.49. The van der Waals surface area contributed by atoms with Crippen molar-refractivity contribution in [3.8, 4) is 0 Å². The molecule has 0 aliphatic heterocycles. The van der Waals surface area contributed by atoms with Crippen molar-refractivity contribution in [2.75, 3.05) is 17.0 Å². The summed E-state index contributed by atoms with van der Waals surface area (Å²) < 4.78 is 0. The molecule has 1 aliphatic rings. The Hall–Kier alpha value is -1.01. The smallest absolute Gasteiger partial charge is 0.191 e. The van der Waals surface area contributed by atoms with Crippen molar-refractivity contribution in [3.05, 3.63) is 6.07 Å². The molecule has 0 bridgehead atoms. The number of nitrogens with zero attached hydrogens (tertiary/aromatic N) is 2. The number of nitrogen functional groups attached to an aromatic ring is 1. The van der Waals surface area contributed by atoms with Gasteiger partial charge in [-0.3, -0.25) is 0 Å². The molecule has 6 heteroatoms. The van der Waals surface area contributed by atoms with Gasteiger partial charge in [-0.05, 0) is 37.9 Å². The maximum Gasteiger partial charge on any atom is 0.191 e. The van der Waals surface area contributed by atoms with Gasteiger partial charge in [0.05, 0.1) is 0 Å². The van der Waals surface area contributed by atoms with Crippen LogP contribution in [0.3, 0.4) is 0 Å². The normalized spacial score (nSPS) is 22.6. The third kappa shape index (κ3) is 4.24. The Morgan fingerprint density at radius 1 is 1.25 bits per heavy atom. The van der Waals surface area contributed by atoms with E-state index in [1.165, 1.54) is 50.3 Å². The molecule has 0 atom stereocenters. The zero-order valence-corrected chi connectivity index (χ0v) is 13.2. The van der Waals surface area contributed by atoms with Crippen LogP contribution < -0.4 is 16.6 Å². The Bertz CT molecular complexity index is 396. The predicted molar refractivity (Wildman–Crippen MR) is 85.9 cm³/mol. The summed E-state index contributed by atoms with van der Waals surface area (Å²) in [4.78, 5) is 8.77. The summed E-state index contributed by atoms with van der Waals surface area (Å²) in [6.45, 7) is 2.27. The first-order valence-electron chi connectivity index (χ1n) is 7.41. The van der Waals surface area contributed by atoms with Crippen LogP contribution >= 0.6 is 11.8 Å². The van der Waals surface area contributed by atoms with Crippen LogP contribution in [0.5, 0.6) is 0 Å². The average molecular weight is 295 g/mol. The molecule has 1 fully saturated rings. The molecule has 1 aliphatic carbocycles. The zero-order valence-electron chi connectivity index (χ0n) is 12.4. The molecule has 5 nitrogen and oxygen atoms in total. The van der Waals surface area contributed by atoms with E-state index >= 15 is 0 Å². The number of thioether (sulfide) groups is 1. The van der Waals surface area contributed by atoms with Crippen molar-refractivity contribution in [2.45, 2.75) is 56.6 Å². The first-order chi connectivity index (χ1) is 9.75. The molecular formula is C14H25N5S. The van der Waals surface area contributed by atoms with Gasteiger partial charge in [0.1, 0.15) is 11.6 Å². The molecule has 0 spiro atoms. The fraction of sp³-hybridized carbons (Fsp3) is 0.714. The van der Waals surface area contributed by atoms with E-state index in [1.54, 1.807) is 0 Å². The highest BCUT2D eigenvalue weighted by Crippen LogP contribution is 2.29. The lowest BCUT2D eigenvalue weighted by molar-refractivity contribution is 0.318. The van der Waals surface area contributed by atoms with Crippen LogP contribution in [0, 0.1) is 5.92 Å². The second-order valence-corrected chi connectivity index (χ2v) is 6.19. The number of hydrogen-bond acceptors (Lipinski definition) is 6. The molecule has 1 aromatic heterocycles. The molecule has 1 aromatic rings. The molecular weight excluding hydrogens is 270 g/mol. The van der Waals surface area contributed by atoms with Crippen molar-refractivity contribution >= 4 is 23.4 Å². The SMILES string of the molecule is CCCC1CCC(Nc2cc(NN)nc(SC)n2)CC1. The van der Waals surface area contributed by atoms with Crippen molar-refractivity contribution in [1.29, 1.82) is 0 Å². The monoisotopic (exact) mass is 295 g/mol. The highest BCUT2D eigenvalue weighted by molar-refractivity contribution is 7.98. The fourth-order valence-electron chi connectivity index (χ4n) is 2.88. The van der Waals surface area contributed by atoms with Gasteiger partial charge in [-0.1, -0.05) is 31.5 Å². The van der Waals surface area contributed by atoms with Crippen molar-refractivity contribution < 1.29 is 0 Å². The van der Waals surface area contributed by atoms with Crippen molar-refractivity contribution in [3.63, 3.8) is 0 Å². The van der Waals surface area contributed by atoms with Gasteiger partial charge < -0.3 is 10.7 Å². The van der Waals surface area contributed by atoms with E-state index in [1.807, 2.05) is 12.3 Å². The minimum atomic E-state index is 0.526. The topological polar surface area (TPSA) is 75.9 Å². The lowest BCUT2D eigenvalue weighted by Gasteiger charge is -2.29. The van der Waals surface area contributed by atoms with Crippen LogP contribution in [-0.2, 0) is 0 Å². The Morgan fingerprint density at radius 3 is 2.55 bits per heavy atom. The van der Waals surface area contributed by atoms with E-state index in [2.05, 4.69) is 27.6 Å². The van der Waals surface area contributed by atoms with Gasteiger partial charge >= 0.3 is 0 Å². The van der Waals surface area contributed by atoms with Crippen LogP contribution in [-0.4, -0.2) is 22.3 Å². The maximum atomic E-state index is 5.45.